The number of amides is 2. The van der Waals surface area contributed by atoms with Crippen LogP contribution in [-0.4, -0.2) is 31.2 Å². The lowest BCUT2D eigenvalue weighted by Gasteiger charge is -2.18. The molecule has 1 aliphatic heterocycles. The first-order chi connectivity index (χ1) is 10.6. The van der Waals surface area contributed by atoms with Crippen LogP contribution in [-0.2, 0) is 0 Å². The molecule has 2 heterocycles. The Balaban J connectivity index is 1.86. The summed E-state index contributed by atoms with van der Waals surface area (Å²) in [5.74, 6) is 1.02. The van der Waals surface area contributed by atoms with Crippen molar-refractivity contribution in [2.45, 2.75) is 0 Å². The normalized spacial score (nSPS) is 14.6. The Labute approximate surface area is 141 Å². The van der Waals surface area contributed by atoms with Gasteiger partial charge in [-0.3, -0.25) is 9.80 Å². The van der Waals surface area contributed by atoms with Crippen molar-refractivity contribution >= 4 is 45.1 Å². The Morgan fingerprint density at radius 2 is 1.82 bits per heavy atom. The Morgan fingerprint density at radius 1 is 1.14 bits per heavy atom. The molecule has 0 saturated carbocycles. The summed E-state index contributed by atoms with van der Waals surface area (Å²) in [6.07, 6.45) is 0. The van der Waals surface area contributed by atoms with Gasteiger partial charge in [-0.15, -0.1) is 0 Å². The first kappa shape index (κ1) is 15.1. The molecule has 1 aromatic carbocycles. The molecule has 0 radical (unpaired) electrons. The van der Waals surface area contributed by atoms with Gasteiger partial charge in [0.2, 0.25) is 5.88 Å². The average molecular weight is 383 g/mol. The summed E-state index contributed by atoms with van der Waals surface area (Å²) < 4.78 is 5.93. The van der Waals surface area contributed by atoms with Crippen LogP contribution in [0.15, 0.2) is 40.9 Å². The van der Waals surface area contributed by atoms with Crippen molar-refractivity contribution < 1.29 is 9.53 Å². The quantitative estimate of drug-likeness (QED) is 0.807. The number of rotatable bonds is 3. The highest BCUT2D eigenvalue weighted by molar-refractivity contribution is 9.10. The standard InChI is InChI=1S/C15H13BrClN3O2/c1-22-14-12(16)6-7-13(18-14)20-9-8-19(15(20)21)11-4-2-10(17)3-5-11/h2-7H,8-9H2,1H3. The van der Waals surface area contributed by atoms with E-state index >= 15 is 0 Å². The molecule has 1 aliphatic rings. The highest BCUT2D eigenvalue weighted by Crippen LogP contribution is 2.29. The highest BCUT2D eigenvalue weighted by Gasteiger charge is 2.31. The molecular formula is C15H13BrClN3O2. The van der Waals surface area contributed by atoms with E-state index in [2.05, 4.69) is 20.9 Å². The first-order valence-corrected chi connectivity index (χ1v) is 7.82. The van der Waals surface area contributed by atoms with Gasteiger partial charge in [0.15, 0.2) is 0 Å². The van der Waals surface area contributed by atoms with Crippen LogP contribution in [0, 0.1) is 0 Å². The van der Waals surface area contributed by atoms with Gasteiger partial charge in [-0.1, -0.05) is 11.6 Å². The molecule has 2 amide bonds. The molecule has 0 bridgehead atoms. The molecule has 0 unspecified atom stereocenters. The Hall–Kier alpha value is -1.79. The van der Waals surface area contributed by atoms with Crippen LogP contribution < -0.4 is 14.5 Å². The highest BCUT2D eigenvalue weighted by atomic mass is 79.9. The second-order valence-corrected chi connectivity index (χ2v) is 6.01. The van der Waals surface area contributed by atoms with E-state index in [1.54, 1.807) is 35.1 Å². The first-order valence-electron chi connectivity index (χ1n) is 6.65. The Morgan fingerprint density at radius 3 is 2.50 bits per heavy atom. The Kier molecular flexibility index (Phi) is 4.22. The Bertz CT molecular complexity index is 708. The summed E-state index contributed by atoms with van der Waals surface area (Å²) in [4.78, 5) is 20.3. The van der Waals surface area contributed by atoms with Crippen molar-refractivity contribution in [1.29, 1.82) is 0 Å². The molecular weight excluding hydrogens is 370 g/mol. The molecule has 3 rings (SSSR count). The molecule has 2 aromatic rings. The third-order valence-electron chi connectivity index (χ3n) is 3.42. The van der Waals surface area contributed by atoms with Crippen LogP contribution >= 0.6 is 27.5 Å². The van der Waals surface area contributed by atoms with Crippen LogP contribution in [0.1, 0.15) is 0 Å². The van der Waals surface area contributed by atoms with Crippen molar-refractivity contribution in [1.82, 2.24) is 4.98 Å². The minimum Gasteiger partial charge on any atom is -0.480 e. The number of aromatic nitrogens is 1. The molecule has 0 aliphatic carbocycles. The van der Waals surface area contributed by atoms with Crippen LogP contribution in [0.5, 0.6) is 5.88 Å². The van der Waals surface area contributed by atoms with Gasteiger partial charge in [-0.2, -0.15) is 4.98 Å². The number of ether oxygens (including phenoxy) is 1. The molecule has 0 N–H and O–H groups in total. The molecule has 1 aromatic heterocycles. The largest absolute Gasteiger partial charge is 0.480 e. The lowest BCUT2D eigenvalue weighted by Crippen LogP contribution is -2.32. The van der Waals surface area contributed by atoms with E-state index in [9.17, 15) is 4.79 Å². The molecule has 114 valence electrons. The maximum Gasteiger partial charge on any atom is 0.330 e. The van der Waals surface area contributed by atoms with Gasteiger partial charge in [-0.05, 0) is 52.3 Å². The van der Waals surface area contributed by atoms with E-state index in [1.165, 1.54) is 0 Å². The maximum absolute atomic E-state index is 12.6. The van der Waals surface area contributed by atoms with Gasteiger partial charge in [-0.25, -0.2) is 4.79 Å². The van der Waals surface area contributed by atoms with Crippen molar-refractivity contribution in [3.05, 3.63) is 45.9 Å². The molecule has 5 nitrogen and oxygen atoms in total. The molecule has 7 heteroatoms. The van der Waals surface area contributed by atoms with Crippen molar-refractivity contribution in [2.24, 2.45) is 0 Å². The van der Waals surface area contributed by atoms with Gasteiger partial charge < -0.3 is 4.74 Å². The summed E-state index contributed by atoms with van der Waals surface area (Å²) in [6, 6.07) is 10.7. The third kappa shape index (κ3) is 2.76. The predicted octanol–water partition coefficient (Wildman–Crippen LogP) is 3.95. The summed E-state index contributed by atoms with van der Waals surface area (Å²) in [7, 11) is 1.54. The zero-order chi connectivity index (χ0) is 15.7. The molecule has 1 saturated heterocycles. The minimum atomic E-state index is -0.112. The molecule has 0 atom stereocenters. The number of urea groups is 1. The van der Waals surface area contributed by atoms with Crippen molar-refractivity contribution in [2.75, 3.05) is 30.0 Å². The van der Waals surface area contributed by atoms with E-state index in [1.807, 2.05) is 18.2 Å². The van der Waals surface area contributed by atoms with E-state index in [0.29, 0.717) is 29.8 Å². The third-order valence-corrected chi connectivity index (χ3v) is 4.27. The predicted molar refractivity (Wildman–Crippen MR) is 90.0 cm³/mol. The number of methoxy groups -OCH3 is 1. The van der Waals surface area contributed by atoms with E-state index in [4.69, 9.17) is 16.3 Å². The van der Waals surface area contributed by atoms with E-state index < -0.39 is 0 Å². The van der Waals surface area contributed by atoms with Crippen LogP contribution in [0.2, 0.25) is 5.02 Å². The maximum atomic E-state index is 12.6. The molecule has 1 fully saturated rings. The molecule has 0 spiro atoms. The number of hydrogen-bond acceptors (Lipinski definition) is 3. The smallest absolute Gasteiger partial charge is 0.330 e. The lowest BCUT2D eigenvalue weighted by atomic mass is 10.3. The van der Waals surface area contributed by atoms with Crippen LogP contribution in [0.3, 0.4) is 0 Å². The van der Waals surface area contributed by atoms with Crippen LogP contribution in [0.25, 0.3) is 0 Å². The number of carbonyl (C=O) groups excluding carboxylic acids is 1. The monoisotopic (exact) mass is 381 g/mol. The molecule has 22 heavy (non-hydrogen) atoms. The summed E-state index contributed by atoms with van der Waals surface area (Å²) >= 11 is 9.24. The zero-order valence-corrected chi connectivity index (χ0v) is 14.1. The van der Waals surface area contributed by atoms with Gasteiger partial charge >= 0.3 is 6.03 Å². The number of benzene rings is 1. The lowest BCUT2D eigenvalue weighted by molar-refractivity contribution is 0.255. The fourth-order valence-corrected chi connectivity index (χ4v) is 2.83. The fraction of sp³-hybridized carbons (Fsp3) is 0.200. The minimum absolute atomic E-state index is 0.112. The number of nitrogens with zero attached hydrogens (tertiary/aromatic N) is 3. The van der Waals surface area contributed by atoms with Gasteiger partial charge in [0, 0.05) is 23.8 Å². The number of anilines is 2. The van der Waals surface area contributed by atoms with Crippen molar-refractivity contribution in [3.8, 4) is 5.88 Å². The average Bonchev–Trinajstić information content (AvgIpc) is 2.90. The topological polar surface area (TPSA) is 45.7 Å². The number of hydrogen-bond donors (Lipinski definition) is 0. The van der Waals surface area contributed by atoms with Gasteiger partial charge in [0.1, 0.15) is 5.82 Å². The summed E-state index contributed by atoms with van der Waals surface area (Å²) in [5.41, 5.74) is 0.820. The van der Waals surface area contributed by atoms with Crippen molar-refractivity contribution in [3.63, 3.8) is 0 Å². The number of carbonyl (C=O) groups is 1. The number of pyridine rings is 1. The second kappa shape index (κ2) is 6.14. The SMILES string of the molecule is COc1nc(N2CCN(c3ccc(Cl)cc3)C2=O)ccc1Br. The van der Waals surface area contributed by atoms with Crippen LogP contribution in [0.4, 0.5) is 16.3 Å². The van der Waals surface area contributed by atoms with E-state index in [-0.39, 0.29) is 6.03 Å². The summed E-state index contributed by atoms with van der Waals surface area (Å²) in [6.45, 7) is 1.17. The van der Waals surface area contributed by atoms with Gasteiger partial charge in [0.05, 0.1) is 11.6 Å². The number of halogens is 2. The second-order valence-electron chi connectivity index (χ2n) is 4.72. The fourth-order valence-electron chi connectivity index (χ4n) is 2.32. The summed E-state index contributed by atoms with van der Waals surface area (Å²) in [5, 5.41) is 0.645. The zero-order valence-electron chi connectivity index (χ0n) is 11.8. The van der Waals surface area contributed by atoms with E-state index in [0.717, 1.165) is 10.2 Å². The van der Waals surface area contributed by atoms with Gasteiger partial charge in [0.25, 0.3) is 0 Å².